The van der Waals surface area contributed by atoms with Crippen molar-refractivity contribution in [3.05, 3.63) is 65.1 Å². The molecule has 0 spiro atoms. The van der Waals surface area contributed by atoms with Crippen LogP contribution in [0.4, 0.5) is 26.3 Å². The standard InChI is InChI=1S/C24H19F6N5OS/c25-23(26,27)16-8-15(9-17(10-16)24(28,29)30)22-33-19(12-37-22)14-3-6-34(7-4-14)20(36)11-35-13-32-18-2-1-5-31-21(18)35/h1-2,5,8-10,12-14H,3-4,6-7,11H2. The molecule has 6 nitrogen and oxygen atoms in total. The van der Waals surface area contributed by atoms with Gasteiger partial charge in [0.25, 0.3) is 0 Å². The van der Waals surface area contributed by atoms with Crippen LogP contribution in [0.1, 0.15) is 35.6 Å². The van der Waals surface area contributed by atoms with Gasteiger partial charge in [0.15, 0.2) is 5.65 Å². The summed E-state index contributed by atoms with van der Waals surface area (Å²) < 4.78 is 81.0. The second kappa shape index (κ2) is 9.43. The molecule has 1 amide bonds. The fraction of sp³-hybridized carbons (Fsp3) is 0.333. The van der Waals surface area contributed by atoms with Crippen LogP contribution in [0.3, 0.4) is 0 Å². The first-order valence-electron chi connectivity index (χ1n) is 11.3. The largest absolute Gasteiger partial charge is 0.416 e. The lowest BCUT2D eigenvalue weighted by Crippen LogP contribution is -2.39. The van der Waals surface area contributed by atoms with Gasteiger partial charge in [0.1, 0.15) is 17.1 Å². The number of hydrogen-bond acceptors (Lipinski definition) is 5. The summed E-state index contributed by atoms with van der Waals surface area (Å²) in [7, 11) is 0. The normalized spacial score (nSPS) is 15.5. The predicted molar refractivity (Wildman–Crippen MR) is 124 cm³/mol. The first kappa shape index (κ1) is 25.2. The first-order valence-corrected chi connectivity index (χ1v) is 12.2. The van der Waals surface area contributed by atoms with Gasteiger partial charge >= 0.3 is 12.4 Å². The van der Waals surface area contributed by atoms with Crippen molar-refractivity contribution in [3.63, 3.8) is 0 Å². The molecule has 0 saturated carbocycles. The molecule has 1 aliphatic heterocycles. The molecule has 3 aromatic heterocycles. The Labute approximate surface area is 210 Å². The second-order valence-electron chi connectivity index (χ2n) is 8.75. The molecule has 0 unspecified atom stereocenters. The average molecular weight is 540 g/mol. The fourth-order valence-corrected chi connectivity index (χ4v) is 5.26. The van der Waals surface area contributed by atoms with Gasteiger partial charge in [-0.25, -0.2) is 15.0 Å². The zero-order valence-electron chi connectivity index (χ0n) is 19.1. The van der Waals surface area contributed by atoms with Gasteiger partial charge in [-0.3, -0.25) is 4.79 Å². The number of aromatic nitrogens is 4. The van der Waals surface area contributed by atoms with Crippen molar-refractivity contribution >= 4 is 28.4 Å². The number of carbonyl (C=O) groups is 1. The quantitative estimate of drug-likeness (QED) is 0.299. The number of alkyl halides is 6. The number of imidazole rings is 1. The van der Waals surface area contributed by atoms with E-state index in [1.54, 1.807) is 39.5 Å². The van der Waals surface area contributed by atoms with Gasteiger partial charge in [-0.2, -0.15) is 26.3 Å². The summed E-state index contributed by atoms with van der Waals surface area (Å²) in [5.41, 5.74) is -1.07. The minimum atomic E-state index is -4.92. The highest BCUT2D eigenvalue weighted by molar-refractivity contribution is 7.13. The van der Waals surface area contributed by atoms with E-state index in [0.717, 1.165) is 11.3 Å². The van der Waals surface area contributed by atoms with E-state index in [1.807, 2.05) is 0 Å². The van der Waals surface area contributed by atoms with E-state index in [2.05, 4.69) is 15.0 Å². The summed E-state index contributed by atoms with van der Waals surface area (Å²) in [5.74, 6) is -0.149. The average Bonchev–Trinajstić information content (AvgIpc) is 3.51. The molecule has 0 atom stereocenters. The summed E-state index contributed by atoms with van der Waals surface area (Å²) in [6.45, 7) is 1.01. The molecule has 1 aliphatic rings. The Hall–Kier alpha value is -3.48. The van der Waals surface area contributed by atoms with Gasteiger partial charge in [0.05, 0.1) is 23.1 Å². The summed E-state index contributed by atoms with van der Waals surface area (Å²) in [5, 5.41) is 1.75. The summed E-state index contributed by atoms with van der Waals surface area (Å²) in [6.07, 6.45) is -5.50. The van der Waals surface area contributed by atoms with E-state index in [1.165, 1.54) is 0 Å². The molecular weight excluding hydrogens is 520 g/mol. The van der Waals surface area contributed by atoms with Crippen LogP contribution >= 0.6 is 11.3 Å². The van der Waals surface area contributed by atoms with Gasteiger partial charge < -0.3 is 9.47 Å². The van der Waals surface area contributed by atoms with Crippen LogP contribution < -0.4 is 0 Å². The van der Waals surface area contributed by atoms with Crippen LogP contribution in [-0.4, -0.2) is 43.4 Å². The zero-order valence-corrected chi connectivity index (χ0v) is 19.9. The highest BCUT2D eigenvalue weighted by Gasteiger charge is 2.37. The van der Waals surface area contributed by atoms with Crippen LogP contribution in [0.15, 0.2) is 48.2 Å². The lowest BCUT2D eigenvalue weighted by atomic mass is 9.94. The minimum absolute atomic E-state index is 0.0577. The molecule has 4 aromatic rings. The number of hydrogen-bond donors (Lipinski definition) is 0. The maximum Gasteiger partial charge on any atom is 0.416 e. The van der Waals surface area contributed by atoms with E-state index >= 15 is 0 Å². The Morgan fingerprint density at radius 1 is 1.00 bits per heavy atom. The third-order valence-corrected chi connectivity index (χ3v) is 7.21. The molecule has 1 fully saturated rings. The molecule has 0 N–H and O–H groups in total. The summed E-state index contributed by atoms with van der Waals surface area (Å²) in [4.78, 5) is 27.4. The van der Waals surface area contributed by atoms with Crippen molar-refractivity contribution in [1.82, 2.24) is 24.4 Å². The van der Waals surface area contributed by atoms with Crippen molar-refractivity contribution in [2.24, 2.45) is 0 Å². The smallest absolute Gasteiger partial charge is 0.341 e. The highest BCUT2D eigenvalue weighted by Crippen LogP contribution is 2.40. The lowest BCUT2D eigenvalue weighted by Gasteiger charge is -2.31. The molecule has 194 valence electrons. The number of piperidine rings is 1. The molecule has 37 heavy (non-hydrogen) atoms. The first-order chi connectivity index (χ1) is 17.5. The molecule has 5 rings (SSSR count). The highest BCUT2D eigenvalue weighted by atomic mass is 32.1. The predicted octanol–water partition coefficient (Wildman–Crippen LogP) is 6.00. The van der Waals surface area contributed by atoms with Gasteiger partial charge in [-0.1, -0.05) is 0 Å². The SMILES string of the molecule is O=C(Cn1cnc2cccnc21)N1CCC(c2csc(-c3cc(C(F)(F)F)cc(C(F)(F)F)c3)n2)CC1. The number of amides is 1. The van der Waals surface area contributed by atoms with Gasteiger partial charge in [-0.15, -0.1) is 11.3 Å². The van der Waals surface area contributed by atoms with E-state index in [-0.39, 0.29) is 35.0 Å². The van der Waals surface area contributed by atoms with E-state index < -0.39 is 23.5 Å². The molecule has 13 heteroatoms. The Morgan fingerprint density at radius 2 is 1.68 bits per heavy atom. The number of nitrogens with zero attached hydrogens (tertiary/aromatic N) is 5. The van der Waals surface area contributed by atoms with Gasteiger partial charge in [0.2, 0.25) is 5.91 Å². The monoisotopic (exact) mass is 539 g/mol. The molecule has 0 aliphatic carbocycles. The van der Waals surface area contributed by atoms with Crippen molar-refractivity contribution in [2.75, 3.05) is 13.1 Å². The molecule has 1 saturated heterocycles. The van der Waals surface area contributed by atoms with E-state index in [0.29, 0.717) is 54.9 Å². The van der Waals surface area contributed by atoms with Crippen molar-refractivity contribution in [2.45, 2.75) is 37.7 Å². The third kappa shape index (κ3) is 5.31. The van der Waals surface area contributed by atoms with Crippen molar-refractivity contribution in [3.8, 4) is 10.6 Å². The number of likely N-dealkylation sites (tertiary alicyclic amines) is 1. The van der Waals surface area contributed by atoms with Crippen LogP contribution in [-0.2, 0) is 23.7 Å². The topological polar surface area (TPSA) is 63.9 Å². The number of pyridine rings is 1. The molecule has 0 radical (unpaired) electrons. The molecule has 1 aromatic carbocycles. The Bertz CT molecular complexity index is 1400. The van der Waals surface area contributed by atoms with Crippen LogP contribution in [0.2, 0.25) is 0 Å². The van der Waals surface area contributed by atoms with Crippen molar-refractivity contribution < 1.29 is 31.1 Å². The van der Waals surface area contributed by atoms with Crippen LogP contribution in [0, 0.1) is 0 Å². The lowest BCUT2D eigenvalue weighted by molar-refractivity contribution is -0.143. The Kier molecular flexibility index (Phi) is 6.42. The van der Waals surface area contributed by atoms with E-state index in [9.17, 15) is 31.1 Å². The van der Waals surface area contributed by atoms with E-state index in [4.69, 9.17) is 0 Å². The van der Waals surface area contributed by atoms with Crippen molar-refractivity contribution in [1.29, 1.82) is 0 Å². The number of fused-ring (bicyclic) bond motifs is 1. The number of halogens is 6. The van der Waals surface area contributed by atoms with Crippen LogP contribution in [0.5, 0.6) is 0 Å². The second-order valence-corrected chi connectivity index (χ2v) is 9.60. The molecule has 0 bridgehead atoms. The Morgan fingerprint density at radius 3 is 2.32 bits per heavy atom. The van der Waals surface area contributed by atoms with Crippen LogP contribution in [0.25, 0.3) is 21.7 Å². The molecule has 4 heterocycles. The number of rotatable bonds is 4. The maximum atomic E-state index is 13.2. The zero-order chi connectivity index (χ0) is 26.4. The Balaban J connectivity index is 1.27. The number of benzene rings is 1. The summed E-state index contributed by atoms with van der Waals surface area (Å²) >= 11 is 1.00. The minimum Gasteiger partial charge on any atom is -0.341 e. The fourth-order valence-electron chi connectivity index (χ4n) is 4.37. The summed E-state index contributed by atoms with van der Waals surface area (Å²) in [6, 6.07) is 5.05. The number of carbonyl (C=O) groups excluding carboxylic acids is 1. The third-order valence-electron chi connectivity index (χ3n) is 6.30. The molecular formula is C24H19F6N5OS. The number of thiazole rings is 1. The maximum absolute atomic E-state index is 13.2. The van der Waals surface area contributed by atoms with Gasteiger partial charge in [0, 0.05) is 36.1 Å². The van der Waals surface area contributed by atoms with Gasteiger partial charge in [-0.05, 0) is 43.2 Å².